The molecule has 0 unspecified atom stereocenters. The molecule has 0 fully saturated rings. The maximum atomic E-state index is 10.4. The summed E-state index contributed by atoms with van der Waals surface area (Å²) in [6, 6.07) is 0. The van der Waals surface area contributed by atoms with Crippen LogP contribution in [0.1, 0.15) is 110 Å². The smallest absolute Gasteiger partial charge is 0.303 e. The molecule has 2 nitrogen and oxygen atoms in total. The second-order valence-electron chi connectivity index (χ2n) is 8.18. The van der Waals surface area contributed by atoms with Crippen molar-refractivity contribution in [2.45, 2.75) is 110 Å². The van der Waals surface area contributed by atoms with Crippen molar-refractivity contribution < 1.29 is 9.90 Å². The van der Waals surface area contributed by atoms with Crippen molar-refractivity contribution in [1.82, 2.24) is 0 Å². The standard InChI is InChI=1S/C30H48O2/c1-2-3-4-5-6-7-8-9-10-11-12-13-14-15-16-17-18-19-20-21-22-23-24-25-26-27-28-29-30(31)32/h3-4,6-7,9-10,12-13,15-16,18-19H,2,5,8,11,14,17,20-29H2,1H3,(H,31,32)/b4-3-,7-6-,10-9-,13-12-,16-15-,19-18-. The topological polar surface area (TPSA) is 37.3 Å². The van der Waals surface area contributed by atoms with E-state index in [0.29, 0.717) is 6.42 Å². The van der Waals surface area contributed by atoms with Gasteiger partial charge in [0.25, 0.3) is 0 Å². The van der Waals surface area contributed by atoms with Crippen LogP contribution in [0.2, 0.25) is 0 Å². The highest BCUT2D eigenvalue weighted by atomic mass is 16.4. The van der Waals surface area contributed by atoms with Crippen LogP contribution < -0.4 is 0 Å². The molecule has 0 rings (SSSR count). The third kappa shape index (κ3) is 27.9. The van der Waals surface area contributed by atoms with Gasteiger partial charge < -0.3 is 5.11 Å². The molecule has 0 amide bonds. The number of carbonyl (C=O) groups is 1. The van der Waals surface area contributed by atoms with Gasteiger partial charge in [-0.25, -0.2) is 0 Å². The van der Waals surface area contributed by atoms with Crippen molar-refractivity contribution >= 4 is 5.97 Å². The highest BCUT2D eigenvalue weighted by molar-refractivity contribution is 5.66. The molecule has 0 spiro atoms. The van der Waals surface area contributed by atoms with Crippen LogP contribution in [0, 0.1) is 0 Å². The van der Waals surface area contributed by atoms with E-state index in [1.165, 1.54) is 44.9 Å². The molecule has 0 aromatic heterocycles. The minimum absolute atomic E-state index is 0.325. The van der Waals surface area contributed by atoms with Crippen LogP contribution >= 0.6 is 0 Å². The van der Waals surface area contributed by atoms with Crippen molar-refractivity contribution in [2.75, 3.05) is 0 Å². The minimum atomic E-state index is -0.667. The number of carboxylic acids is 1. The number of allylic oxidation sites excluding steroid dienone is 12. The largest absolute Gasteiger partial charge is 0.481 e. The van der Waals surface area contributed by atoms with Gasteiger partial charge in [0.05, 0.1) is 0 Å². The summed E-state index contributed by atoms with van der Waals surface area (Å²) in [5, 5.41) is 8.59. The second kappa shape index (κ2) is 26.9. The van der Waals surface area contributed by atoms with E-state index >= 15 is 0 Å². The number of hydrogen-bond donors (Lipinski definition) is 1. The SMILES string of the molecule is CC/C=C\C/C=C\C/C=C\C/C=C\C/C=C\C/C=C\CCCCCCCCCCC(=O)O. The van der Waals surface area contributed by atoms with E-state index in [-0.39, 0.29) is 0 Å². The zero-order valence-corrected chi connectivity index (χ0v) is 20.6. The molecule has 0 aromatic carbocycles. The van der Waals surface area contributed by atoms with Crippen LogP contribution in [0.5, 0.6) is 0 Å². The lowest BCUT2D eigenvalue weighted by atomic mass is 10.1. The Morgan fingerprint density at radius 3 is 1.25 bits per heavy atom. The summed E-state index contributed by atoms with van der Waals surface area (Å²) in [6.45, 7) is 2.16. The third-order valence-electron chi connectivity index (χ3n) is 5.11. The first kappa shape index (κ1) is 29.9. The van der Waals surface area contributed by atoms with Crippen LogP contribution in [-0.2, 0) is 4.79 Å². The molecular formula is C30H48O2. The molecule has 0 aromatic rings. The molecule has 2 heteroatoms. The fourth-order valence-electron chi connectivity index (χ4n) is 3.24. The van der Waals surface area contributed by atoms with Crippen molar-refractivity contribution in [1.29, 1.82) is 0 Å². The normalized spacial score (nSPS) is 12.8. The Kier molecular flexibility index (Phi) is 25.2. The lowest BCUT2D eigenvalue weighted by Crippen LogP contribution is -1.93. The molecule has 0 bridgehead atoms. The number of rotatable bonds is 22. The molecule has 0 atom stereocenters. The van der Waals surface area contributed by atoms with Gasteiger partial charge in [0, 0.05) is 6.42 Å². The second-order valence-corrected chi connectivity index (χ2v) is 8.18. The fraction of sp³-hybridized carbons (Fsp3) is 0.567. The predicted molar refractivity (Wildman–Crippen MR) is 142 cm³/mol. The van der Waals surface area contributed by atoms with E-state index in [0.717, 1.165) is 51.4 Å². The Labute approximate surface area is 198 Å². The van der Waals surface area contributed by atoms with E-state index in [9.17, 15) is 4.79 Å². The highest BCUT2D eigenvalue weighted by Gasteiger charge is 1.96. The lowest BCUT2D eigenvalue weighted by Gasteiger charge is -2.00. The summed E-state index contributed by atoms with van der Waals surface area (Å²) in [7, 11) is 0. The highest BCUT2D eigenvalue weighted by Crippen LogP contribution is 2.11. The third-order valence-corrected chi connectivity index (χ3v) is 5.11. The molecule has 1 N–H and O–H groups in total. The Morgan fingerprint density at radius 2 is 0.844 bits per heavy atom. The summed E-state index contributed by atoms with van der Waals surface area (Å²) >= 11 is 0. The van der Waals surface area contributed by atoms with E-state index in [2.05, 4.69) is 79.8 Å². The van der Waals surface area contributed by atoms with Crippen LogP contribution in [0.4, 0.5) is 0 Å². The first-order valence-corrected chi connectivity index (χ1v) is 12.9. The maximum Gasteiger partial charge on any atom is 0.303 e. The first-order chi connectivity index (χ1) is 15.8. The van der Waals surface area contributed by atoms with Gasteiger partial charge in [-0.05, 0) is 57.8 Å². The van der Waals surface area contributed by atoms with Crippen molar-refractivity contribution in [3.63, 3.8) is 0 Å². The molecule has 0 aliphatic heterocycles. The quantitative estimate of drug-likeness (QED) is 0.134. The van der Waals surface area contributed by atoms with Gasteiger partial charge in [-0.2, -0.15) is 0 Å². The summed E-state index contributed by atoms with van der Waals surface area (Å²) in [6.07, 6.45) is 44.2. The van der Waals surface area contributed by atoms with Gasteiger partial charge in [0.15, 0.2) is 0 Å². The summed E-state index contributed by atoms with van der Waals surface area (Å²) in [5.74, 6) is -0.667. The van der Waals surface area contributed by atoms with E-state index in [1.807, 2.05) is 0 Å². The average molecular weight is 441 g/mol. The molecule has 0 aliphatic rings. The Morgan fingerprint density at radius 1 is 0.500 bits per heavy atom. The Hall–Kier alpha value is -2.09. The van der Waals surface area contributed by atoms with Gasteiger partial charge >= 0.3 is 5.97 Å². The molecule has 0 heterocycles. The number of hydrogen-bond acceptors (Lipinski definition) is 1. The van der Waals surface area contributed by atoms with E-state index in [1.54, 1.807) is 0 Å². The van der Waals surface area contributed by atoms with Gasteiger partial charge in [-0.15, -0.1) is 0 Å². The van der Waals surface area contributed by atoms with Crippen molar-refractivity contribution in [3.05, 3.63) is 72.9 Å². The van der Waals surface area contributed by atoms with Crippen LogP contribution in [0.15, 0.2) is 72.9 Å². The molecule has 32 heavy (non-hydrogen) atoms. The maximum absolute atomic E-state index is 10.4. The number of aliphatic carboxylic acids is 1. The zero-order valence-electron chi connectivity index (χ0n) is 20.6. The van der Waals surface area contributed by atoms with Gasteiger partial charge in [0.2, 0.25) is 0 Å². The summed E-state index contributed by atoms with van der Waals surface area (Å²) in [4.78, 5) is 10.4. The van der Waals surface area contributed by atoms with E-state index < -0.39 is 5.97 Å². The Balaban J connectivity index is 3.39. The Bertz CT molecular complexity index is 576. The van der Waals surface area contributed by atoms with Crippen LogP contribution in [0.3, 0.4) is 0 Å². The molecule has 0 aliphatic carbocycles. The molecule has 0 saturated heterocycles. The number of carboxylic acid groups (broad SMARTS) is 1. The predicted octanol–water partition coefficient (Wildman–Crippen LogP) is 9.67. The number of unbranched alkanes of at least 4 members (excludes halogenated alkanes) is 8. The van der Waals surface area contributed by atoms with Gasteiger partial charge in [-0.1, -0.05) is 118 Å². The zero-order chi connectivity index (χ0) is 23.4. The summed E-state index contributed by atoms with van der Waals surface area (Å²) < 4.78 is 0. The van der Waals surface area contributed by atoms with E-state index in [4.69, 9.17) is 5.11 Å². The minimum Gasteiger partial charge on any atom is -0.481 e. The lowest BCUT2D eigenvalue weighted by molar-refractivity contribution is -0.137. The van der Waals surface area contributed by atoms with Gasteiger partial charge in [0.1, 0.15) is 0 Å². The molecule has 0 saturated carbocycles. The van der Waals surface area contributed by atoms with Crippen LogP contribution in [0.25, 0.3) is 0 Å². The molecular weight excluding hydrogens is 392 g/mol. The van der Waals surface area contributed by atoms with Crippen molar-refractivity contribution in [2.24, 2.45) is 0 Å². The van der Waals surface area contributed by atoms with Crippen molar-refractivity contribution in [3.8, 4) is 0 Å². The fourth-order valence-corrected chi connectivity index (χ4v) is 3.24. The monoisotopic (exact) mass is 440 g/mol. The first-order valence-electron chi connectivity index (χ1n) is 12.9. The summed E-state index contributed by atoms with van der Waals surface area (Å²) in [5.41, 5.74) is 0. The van der Waals surface area contributed by atoms with Gasteiger partial charge in [-0.3, -0.25) is 4.79 Å². The molecule has 180 valence electrons. The molecule has 0 radical (unpaired) electrons. The van der Waals surface area contributed by atoms with Crippen LogP contribution in [-0.4, -0.2) is 11.1 Å². The average Bonchev–Trinajstić information content (AvgIpc) is 2.78.